The van der Waals surface area contributed by atoms with Crippen LogP contribution < -0.4 is 14.2 Å². The van der Waals surface area contributed by atoms with E-state index in [1.54, 1.807) is 24.5 Å². The number of aliphatic hydroxyl groups is 1. The lowest BCUT2D eigenvalue weighted by molar-refractivity contribution is -0.132. The van der Waals surface area contributed by atoms with Crippen LogP contribution in [0.1, 0.15) is 12.5 Å². The Bertz CT molecular complexity index is 1160. The predicted molar refractivity (Wildman–Crippen MR) is 135 cm³/mol. The molecule has 2 aromatic carbocycles. The second-order valence-electron chi connectivity index (χ2n) is 9.25. The zero-order valence-electron chi connectivity index (χ0n) is 21.2. The number of nitrogens with zero attached hydrogens (tertiary/aromatic N) is 4. The molecule has 0 bridgehead atoms. The monoisotopic (exact) mass is 512 g/mol. The molecular formula is C27H33FN4O5. The van der Waals surface area contributed by atoms with Gasteiger partial charge in [-0.15, -0.1) is 0 Å². The summed E-state index contributed by atoms with van der Waals surface area (Å²) in [7, 11) is 1.60. The molecule has 198 valence electrons. The van der Waals surface area contributed by atoms with E-state index in [2.05, 4.69) is 9.88 Å². The van der Waals surface area contributed by atoms with Crippen molar-refractivity contribution in [2.75, 3.05) is 46.5 Å². The SMILES string of the molecule is COc1ccc(CN2CCN(C(C)=O)CC(O)(COc3ccc(F)cc3)C2)cc1OCCn1ccnc1. The molecule has 0 spiro atoms. The standard InChI is InChI=1S/C27H33FN4O5/c1-21(33)32-12-11-31(17-27(34,18-32)19-37-24-6-4-23(28)5-7-24)16-22-3-8-25(35-2)26(15-22)36-14-13-30-10-9-29-20-30/h3-10,15,20,34H,11-14,16-19H2,1-2H3. The van der Waals surface area contributed by atoms with Gasteiger partial charge in [-0.25, -0.2) is 9.37 Å². The second-order valence-corrected chi connectivity index (χ2v) is 9.25. The van der Waals surface area contributed by atoms with E-state index in [9.17, 15) is 14.3 Å². The second kappa shape index (κ2) is 12.1. The maximum Gasteiger partial charge on any atom is 0.219 e. The molecule has 1 atom stereocenters. The van der Waals surface area contributed by atoms with Gasteiger partial charge in [0.05, 0.1) is 26.5 Å². The first kappa shape index (κ1) is 26.4. The zero-order valence-corrected chi connectivity index (χ0v) is 21.2. The van der Waals surface area contributed by atoms with Crippen LogP contribution in [-0.2, 0) is 17.9 Å². The Hall–Kier alpha value is -3.63. The number of carbonyl (C=O) groups is 1. The van der Waals surface area contributed by atoms with Gasteiger partial charge in [-0.3, -0.25) is 9.69 Å². The molecule has 9 nitrogen and oxygen atoms in total. The van der Waals surface area contributed by atoms with Crippen molar-refractivity contribution in [1.82, 2.24) is 19.4 Å². The number of β-amino-alcohol motifs (C(OH)–C–C–N with tert-alkyl or cyclic N) is 1. The number of amides is 1. The van der Waals surface area contributed by atoms with E-state index in [4.69, 9.17) is 14.2 Å². The lowest BCUT2D eigenvalue weighted by Gasteiger charge is -2.32. The fourth-order valence-corrected chi connectivity index (χ4v) is 4.36. The lowest BCUT2D eigenvalue weighted by Crippen LogP contribution is -2.51. The number of halogens is 1. The summed E-state index contributed by atoms with van der Waals surface area (Å²) in [4.78, 5) is 20.0. The van der Waals surface area contributed by atoms with Gasteiger partial charge < -0.3 is 28.8 Å². The number of imidazole rings is 1. The molecule has 2 heterocycles. The molecule has 1 fully saturated rings. The van der Waals surface area contributed by atoms with Gasteiger partial charge in [0.25, 0.3) is 0 Å². The van der Waals surface area contributed by atoms with E-state index in [0.29, 0.717) is 56.6 Å². The van der Waals surface area contributed by atoms with Crippen molar-refractivity contribution in [3.05, 3.63) is 72.6 Å². The van der Waals surface area contributed by atoms with Crippen molar-refractivity contribution in [3.63, 3.8) is 0 Å². The highest BCUT2D eigenvalue weighted by Crippen LogP contribution is 2.29. The summed E-state index contributed by atoms with van der Waals surface area (Å²) >= 11 is 0. The molecule has 1 aliphatic heterocycles. The van der Waals surface area contributed by atoms with Gasteiger partial charge >= 0.3 is 0 Å². The molecule has 37 heavy (non-hydrogen) atoms. The van der Waals surface area contributed by atoms with Crippen LogP contribution in [-0.4, -0.2) is 82.5 Å². The number of rotatable bonds is 10. The first-order valence-electron chi connectivity index (χ1n) is 12.2. The van der Waals surface area contributed by atoms with Crippen LogP contribution in [0.2, 0.25) is 0 Å². The molecule has 3 aromatic rings. The fourth-order valence-electron chi connectivity index (χ4n) is 4.36. The van der Waals surface area contributed by atoms with Crippen LogP contribution in [0.25, 0.3) is 0 Å². The maximum absolute atomic E-state index is 13.2. The largest absolute Gasteiger partial charge is 0.493 e. The van der Waals surface area contributed by atoms with Gasteiger partial charge in [0, 0.05) is 45.5 Å². The topological polar surface area (TPSA) is 89.3 Å². The van der Waals surface area contributed by atoms with Crippen molar-refractivity contribution in [3.8, 4) is 17.2 Å². The number of aromatic nitrogens is 2. The highest BCUT2D eigenvalue weighted by molar-refractivity contribution is 5.73. The van der Waals surface area contributed by atoms with Gasteiger partial charge in [-0.1, -0.05) is 6.07 Å². The molecule has 1 aromatic heterocycles. The van der Waals surface area contributed by atoms with Crippen molar-refractivity contribution < 1.29 is 28.5 Å². The number of ether oxygens (including phenoxy) is 3. The van der Waals surface area contributed by atoms with Crippen molar-refractivity contribution in [2.24, 2.45) is 0 Å². The Labute approximate surface area is 216 Å². The van der Waals surface area contributed by atoms with E-state index >= 15 is 0 Å². The summed E-state index contributed by atoms with van der Waals surface area (Å²) in [6.45, 7) is 4.60. The zero-order chi connectivity index (χ0) is 26.3. The summed E-state index contributed by atoms with van der Waals surface area (Å²) in [5.41, 5.74) is -0.329. The average Bonchev–Trinajstić information content (AvgIpc) is 3.33. The molecule has 0 aliphatic carbocycles. The van der Waals surface area contributed by atoms with Crippen LogP contribution in [0, 0.1) is 5.82 Å². The van der Waals surface area contributed by atoms with E-state index in [0.717, 1.165) is 5.56 Å². The molecule has 1 amide bonds. The molecule has 0 saturated carbocycles. The van der Waals surface area contributed by atoms with Crippen LogP contribution in [0.5, 0.6) is 17.2 Å². The van der Waals surface area contributed by atoms with Crippen LogP contribution in [0.3, 0.4) is 0 Å². The number of methoxy groups -OCH3 is 1. The molecule has 1 unspecified atom stereocenters. The number of hydrogen-bond acceptors (Lipinski definition) is 7. The van der Waals surface area contributed by atoms with E-state index in [1.807, 2.05) is 29.0 Å². The molecule has 1 aliphatic rings. The molecule has 1 saturated heterocycles. The first-order valence-corrected chi connectivity index (χ1v) is 12.2. The summed E-state index contributed by atoms with van der Waals surface area (Å²) in [5.74, 6) is 1.25. The molecule has 1 N–H and O–H groups in total. The Balaban J connectivity index is 1.44. The highest BCUT2D eigenvalue weighted by Gasteiger charge is 2.37. The summed E-state index contributed by atoms with van der Waals surface area (Å²) in [6.07, 6.45) is 5.34. The Morgan fingerprint density at radius 1 is 1.11 bits per heavy atom. The minimum atomic E-state index is -1.31. The van der Waals surface area contributed by atoms with Crippen LogP contribution >= 0.6 is 0 Å². The highest BCUT2D eigenvalue weighted by atomic mass is 19.1. The number of benzene rings is 2. The van der Waals surface area contributed by atoms with Crippen LogP contribution in [0.15, 0.2) is 61.2 Å². The van der Waals surface area contributed by atoms with Gasteiger partial charge in [0.15, 0.2) is 11.5 Å². The Kier molecular flexibility index (Phi) is 8.62. The lowest BCUT2D eigenvalue weighted by atomic mass is 10.0. The van der Waals surface area contributed by atoms with E-state index in [-0.39, 0.29) is 24.9 Å². The smallest absolute Gasteiger partial charge is 0.219 e. The third-order valence-electron chi connectivity index (χ3n) is 6.26. The van der Waals surface area contributed by atoms with E-state index in [1.165, 1.54) is 31.2 Å². The first-order chi connectivity index (χ1) is 17.8. The quantitative estimate of drug-likeness (QED) is 0.447. The average molecular weight is 513 g/mol. The number of hydrogen-bond donors (Lipinski definition) is 1. The van der Waals surface area contributed by atoms with E-state index < -0.39 is 5.60 Å². The summed E-state index contributed by atoms with van der Waals surface area (Å²) in [5, 5.41) is 11.5. The molecule has 0 radical (unpaired) electrons. The van der Waals surface area contributed by atoms with Gasteiger partial charge in [0.2, 0.25) is 5.91 Å². The van der Waals surface area contributed by atoms with Crippen molar-refractivity contribution in [2.45, 2.75) is 25.6 Å². The molecule has 10 heteroatoms. The Morgan fingerprint density at radius 3 is 2.62 bits per heavy atom. The third-order valence-corrected chi connectivity index (χ3v) is 6.26. The fraction of sp³-hybridized carbons (Fsp3) is 0.407. The van der Waals surface area contributed by atoms with Crippen molar-refractivity contribution in [1.29, 1.82) is 0 Å². The van der Waals surface area contributed by atoms with Gasteiger partial charge in [0.1, 0.15) is 30.4 Å². The summed E-state index contributed by atoms with van der Waals surface area (Å²) < 4.78 is 32.4. The minimum Gasteiger partial charge on any atom is -0.493 e. The maximum atomic E-state index is 13.2. The normalized spacial score (nSPS) is 18.3. The number of carbonyl (C=O) groups excluding carboxylic acids is 1. The third kappa shape index (κ3) is 7.43. The minimum absolute atomic E-state index is 0.0376. The Morgan fingerprint density at radius 2 is 1.92 bits per heavy atom. The van der Waals surface area contributed by atoms with Gasteiger partial charge in [-0.05, 0) is 42.0 Å². The van der Waals surface area contributed by atoms with Crippen LogP contribution in [0.4, 0.5) is 4.39 Å². The van der Waals surface area contributed by atoms with Crippen molar-refractivity contribution >= 4 is 5.91 Å². The molecule has 4 rings (SSSR count). The predicted octanol–water partition coefficient (Wildman–Crippen LogP) is 2.58. The molecular weight excluding hydrogens is 479 g/mol. The summed E-state index contributed by atoms with van der Waals surface area (Å²) in [6, 6.07) is 11.4. The van der Waals surface area contributed by atoms with Gasteiger partial charge in [-0.2, -0.15) is 0 Å².